The number of amides is 1. The summed E-state index contributed by atoms with van der Waals surface area (Å²) in [6, 6.07) is 7.96. The Morgan fingerprint density at radius 3 is 2.81 bits per heavy atom. The fourth-order valence-corrected chi connectivity index (χ4v) is 2.94. The lowest BCUT2D eigenvalue weighted by atomic mass is 9.93. The summed E-state index contributed by atoms with van der Waals surface area (Å²) in [5.74, 6) is -0.0376. The molecular weight excluding hydrogens is 268 g/mol. The molecule has 1 fully saturated rings. The lowest BCUT2D eigenvalue weighted by molar-refractivity contribution is -0.126. The van der Waals surface area contributed by atoms with Crippen molar-refractivity contribution in [3.8, 4) is 0 Å². The maximum absolute atomic E-state index is 12.3. The monoisotopic (exact) mass is 290 g/mol. The smallest absolute Gasteiger partial charge is 0.237 e. The fraction of sp³-hybridized carbons (Fsp3) is 0.562. The predicted molar refractivity (Wildman–Crippen MR) is 78.8 cm³/mol. The van der Waals surface area contributed by atoms with Gasteiger partial charge in [0.05, 0.1) is 11.6 Å². The molecule has 0 aliphatic carbocycles. The van der Waals surface area contributed by atoms with Crippen molar-refractivity contribution >= 4 is 5.91 Å². The van der Waals surface area contributed by atoms with Crippen LogP contribution in [0.3, 0.4) is 0 Å². The summed E-state index contributed by atoms with van der Waals surface area (Å²) in [5, 5.41) is 16.5. The van der Waals surface area contributed by atoms with Crippen LogP contribution in [0.15, 0.2) is 24.3 Å². The summed E-state index contributed by atoms with van der Waals surface area (Å²) in [6.07, 6.45) is 1.85. The number of hydrogen-bond donors (Lipinski definition) is 3. The maximum Gasteiger partial charge on any atom is 0.237 e. The highest BCUT2D eigenvalue weighted by molar-refractivity contribution is 5.82. The number of fused-ring (bicyclic) bond motifs is 1. The number of rotatable bonds is 3. The van der Waals surface area contributed by atoms with Crippen molar-refractivity contribution in [1.29, 1.82) is 0 Å². The minimum atomic E-state index is -0.819. The molecule has 1 aromatic carbocycles. The van der Waals surface area contributed by atoms with Crippen LogP contribution in [0.2, 0.25) is 0 Å². The molecule has 1 aromatic rings. The number of carbonyl (C=O) groups excluding carboxylic acids is 1. The van der Waals surface area contributed by atoms with Crippen molar-refractivity contribution in [3.63, 3.8) is 0 Å². The molecule has 1 amide bonds. The van der Waals surface area contributed by atoms with Gasteiger partial charge in [0.1, 0.15) is 0 Å². The minimum absolute atomic E-state index is 0.0376. The van der Waals surface area contributed by atoms with Gasteiger partial charge in [-0.3, -0.25) is 4.79 Å². The molecule has 0 saturated carbocycles. The number of aliphatic hydroxyl groups is 1. The Balaban J connectivity index is 1.55. The summed E-state index contributed by atoms with van der Waals surface area (Å²) in [7, 11) is 0. The van der Waals surface area contributed by atoms with Crippen LogP contribution in [0.25, 0.3) is 0 Å². The summed E-state index contributed by atoms with van der Waals surface area (Å²) in [5.41, 5.74) is 1.66. The second kappa shape index (κ2) is 6.13. The van der Waals surface area contributed by atoms with Gasteiger partial charge in [0.25, 0.3) is 0 Å². The van der Waals surface area contributed by atoms with Gasteiger partial charge in [-0.05, 0) is 17.5 Å². The average molecular weight is 290 g/mol. The van der Waals surface area contributed by atoms with Crippen molar-refractivity contribution in [2.75, 3.05) is 19.8 Å². The molecule has 0 spiro atoms. The van der Waals surface area contributed by atoms with Crippen molar-refractivity contribution in [2.24, 2.45) is 0 Å². The van der Waals surface area contributed by atoms with Crippen LogP contribution in [0.1, 0.15) is 24.0 Å². The highest BCUT2D eigenvalue weighted by atomic mass is 16.5. The van der Waals surface area contributed by atoms with E-state index in [0.717, 1.165) is 0 Å². The van der Waals surface area contributed by atoms with Crippen LogP contribution in [-0.4, -0.2) is 42.4 Å². The van der Waals surface area contributed by atoms with Crippen LogP contribution in [-0.2, 0) is 22.5 Å². The topological polar surface area (TPSA) is 70.6 Å². The third-order valence-electron chi connectivity index (χ3n) is 4.41. The first-order valence-electron chi connectivity index (χ1n) is 7.54. The number of carbonyl (C=O) groups is 1. The van der Waals surface area contributed by atoms with Gasteiger partial charge in [0, 0.05) is 39.1 Å². The number of benzene rings is 1. The molecule has 3 N–H and O–H groups in total. The molecular formula is C16H22N2O3. The van der Waals surface area contributed by atoms with E-state index in [-0.39, 0.29) is 11.9 Å². The second-order valence-electron chi connectivity index (χ2n) is 5.96. The largest absolute Gasteiger partial charge is 0.388 e. The molecule has 2 heterocycles. The SMILES string of the molecule is O=C(NCC1(O)CCOCC1)C1Cc2ccccc2CN1. The Kier molecular flexibility index (Phi) is 4.24. The molecule has 21 heavy (non-hydrogen) atoms. The normalized spacial score (nSPS) is 24.1. The highest BCUT2D eigenvalue weighted by Crippen LogP contribution is 2.20. The molecule has 1 saturated heterocycles. The average Bonchev–Trinajstić information content (AvgIpc) is 2.53. The van der Waals surface area contributed by atoms with E-state index in [1.165, 1.54) is 11.1 Å². The van der Waals surface area contributed by atoms with Gasteiger partial charge in [-0.1, -0.05) is 24.3 Å². The van der Waals surface area contributed by atoms with Crippen molar-refractivity contribution in [1.82, 2.24) is 10.6 Å². The number of ether oxygens (including phenoxy) is 1. The Bertz CT molecular complexity index is 512. The van der Waals surface area contributed by atoms with Gasteiger partial charge in [0.2, 0.25) is 5.91 Å². The second-order valence-corrected chi connectivity index (χ2v) is 5.96. The van der Waals surface area contributed by atoms with E-state index in [2.05, 4.69) is 22.8 Å². The summed E-state index contributed by atoms with van der Waals surface area (Å²) in [4.78, 5) is 12.3. The van der Waals surface area contributed by atoms with Gasteiger partial charge in [-0.15, -0.1) is 0 Å². The third-order valence-corrected chi connectivity index (χ3v) is 4.41. The zero-order valence-electron chi connectivity index (χ0n) is 12.1. The number of hydrogen-bond acceptors (Lipinski definition) is 4. The summed E-state index contributed by atoms with van der Waals surface area (Å²) in [6.45, 7) is 2.13. The van der Waals surface area contributed by atoms with Gasteiger partial charge in [0.15, 0.2) is 0 Å². The van der Waals surface area contributed by atoms with E-state index in [1.54, 1.807) is 0 Å². The molecule has 114 valence electrons. The molecule has 0 bridgehead atoms. The quantitative estimate of drug-likeness (QED) is 0.752. The predicted octanol–water partition coefficient (Wildman–Crippen LogP) is 0.359. The summed E-state index contributed by atoms with van der Waals surface area (Å²) < 4.78 is 5.24. The molecule has 5 nitrogen and oxygen atoms in total. The Morgan fingerprint density at radius 1 is 1.33 bits per heavy atom. The van der Waals surface area contributed by atoms with Crippen LogP contribution < -0.4 is 10.6 Å². The highest BCUT2D eigenvalue weighted by Gasteiger charge is 2.31. The molecule has 3 rings (SSSR count). The first-order chi connectivity index (χ1) is 10.2. The van der Waals surface area contributed by atoms with E-state index < -0.39 is 5.60 Å². The molecule has 1 atom stereocenters. The Labute approximate surface area is 124 Å². The van der Waals surface area contributed by atoms with Crippen LogP contribution in [0.4, 0.5) is 0 Å². The first-order valence-corrected chi connectivity index (χ1v) is 7.54. The third kappa shape index (κ3) is 3.43. The van der Waals surface area contributed by atoms with E-state index in [9.17, 15) is 9.90 Å². The van der Waals surface area contributed by atoms with Crippen molar-refractivity contribution < 1.29 is 14.6 Å². The zero-order chi connectivity index (χ0) is 14.7. The first kappa shape index (κ1) is 14.5. The molecule has 0 radical (unpaired) electrons. The van der Waals surface area contributed by atoms with Crippen molar-refractivity contribution in [2.45, 2.75) is 37.5 Å². The lowest BCUT2D eigenvalue weighted by Crippen LogP contribution is -2.53. The summed E-state index contributed by atoms with van der Waals surface area (Å²) >= 11 is 0. The van der Waals surface area contributed by atoms with Gasteiger partial charge < -0.3 is 20.5 Å². The molecule has 5 heteroatoms. The van der Waals surface area contributed by atoms with E-state index in [0.29, 0.717) is 45.6 Å². The maximum atomic E-state index is 12.3. The lowest BCUT2D eigenvalue weighted by Gasteiger charge is -2.33. The van der Waals surface area contributed by atoms with Gasteiger partial charge in [-0.25, -0.2) is 0 Å². The Hall–Kier alpha value is -1.43. The fourth-order valence-electron chi connectivity index (χ4n) is 2.94. The minimum Gasteiger partial charge on any atom is -0.388 e. The molecule has 0 aromatic heterocycles. The zero-order valence-corrected chi connectivity index (χ0v) is 12.1. The van der Waals surface area contributed by atoms with E-state index in [4.69, 9.17) is 4.74 Å². The van der Waals surface area contributed by atoms with Crippen LogP contribution in [0, 0.1) is 0 Å². The van der Waals surface area contributed by atoms with E-state index >= 15 is 0 Å². The van der Waals surface area contributed by atoms with E-state index in [1.807, 2.05) is 12.1 Å². The molecule has 2 aliphatic heterocycles. The van der Waals surface area contributed by atoms with Crippen LogP contribution >= 0.6 is 0 Å². The van der Waals surface area contributed by atoms with Crippen molar-refractivity contribution in [3.05, 3.63) is 35.4 Å². The molecule has 1 unspecified atom stereocenters. The number of nitrogens with one attached hydrogen (secondary N) is 2. The standard InChI is InChI=1S/C16H22N2O3/c19-15(18-11-16(20)5-7-21-8-6-16)14-9-12-3-1-2-4-13(12)10-17-14/h1-4,14,17,20H,5-11H2,(H,18,19). The van der Waals surface area contributed by atoms with Gasteiger partial charge >= 0.3 is 0 Å². The van der Waals surface area contributed by atoms with Crippen LogP contribution in [0.5, 0.6) is 0 Å². The molecule has 2 aliphatic rings. The van der Waals surface area contributed by atoms with Gasteiger partial charge in [-0.2, -0.15) is 0 Å². The Morgan fingerprint density at radius 2 is 2.05 bits per heavy atom.